The Kier molecular flexibility index (Phi) is 4.52. The van der Waals surface area contributed by atoms with Crippen molar-refractivity contribution in [1.82, 2.24) is 4.90 Å². The lowest BCUT2D eigenvalue weighted by Crippen LogP contribution is -2.37. The van der Waals surface area contributed by atoms with E-state index < -0.39 is 5.54 Å². The van der Waals surface area contributed by atoms with Gasteiger partial charge in [-0.3, -0.25) is 4.79 Å². The van der Waals surface area contributed by atoms with Gasteiger partial charge in [-0.2, -0.15) is 0 Å². The van der Waals surface area contributed by atoms with Crippen LogP contribution >= 0.6 is 11.6 Å². The van der Waals surface area contributed by atoms with Crippen molar-refractivity contribution < 1.29 is 9.53 Å². The van der Waals surface area contributed by atoms with E-state index in [0.717, 1.165) is 19.4 Å². The highest BCUT2D eigenvalue weighted by Gasteiger charge is 2.45. The molecule has 1 aliphatic rings. The van der Waals surface area contributed by atoms with Crippen LogP contribution in [0.4, 0.5) is 5.69 Å². The molecule has 5 nitrogen and oxygen atoms in total. The molecule has 1 aromatic rings. The fraction of sp³-hybridized carbons (Fsp3) is 0.500. The number of carbonyl (C=O) groups excluding carboxylic acids is 1. The zero-order valence-corrected chi connectivity index (χ0v) is 12.5. The van der Waals surface area contributed by atoms with E-state index in [9.17, 15) is 4.79 Å². The minimum absolute atomic E-state index is 0.158. The first kappa shape index (κ1) is 15.1. The van der Waals surface area contributed by atoms with Crippen LogP contribution in [0.25, 0.3) is 0 Å². The number of ether oxygens (including phenoxy) is 1. The molecule has 1 aliphatic carbocycles. The van der Waals surface area contributed by atoms with E-state index in [0.29, 0.717) is 23.1 Å². The highest BCUT2D eigenvalue weighted by atomic mass is 35.5. The van der Waals surface area contributed by atoms with Gasteiger partial charge in [0.15, 0.2) is 0 Å². The van der Waals surface area contributed by atoms with Gasteiger partial charge in [-0.05, 0) is 45.1 Å². The number of nitrogens with two attached hydrogens (primary N) is 1. The molecule has 0 aromatic heterocycles. The van der Waals surface area contributed by atoms with Gasteiger partial charge in [-0.15, -0.1) is 0 Å². The molecule has 6 heteroatoms. The summed E-state index contributed by atoms with van der Waals surface area (Å²) in [6.45, 7) is 1.37. The number of hydrogen-bond donors (Lipinski definition) is 2. The summed E-state index contributed by atoms with van der Waals surface area (Å²) in [5.74, 6) is 0.454. The molecule has 0 aliphatic heterocycles. The van der Waals surface area contributed by atoms with E-state index in [1.54, 1.807) is 18.2 Å². The molecule has 110 valence electrons. The van der Waals surface area contributed by atoms with Crippen LogP contribution in [-0.4, -0.2) is 43.6 Å². The third kappa shape index (κ3) is 3.85. The molecular weight excluding hydrogens is 278 g/mol. The highest BCUT2D eigenvalue weighted by Crippen LogP contribution is 2.34. The summed E-state index contributed by atoms with van der Waals surface area (Å²) < 4.78 is 5.58. The predicted octanol–water partition coefficient (Wildman–Crippen LogP) is 1.71. The van der Waals surface area contributed by atoms with Gasteiger partial charge in [0.1, 0.15) is 12.4 Å². The van der Waals surface area contributed by atoms with E-state index >= 15 is 0 Å². The third-order valence-electron chi connectivity index (χ3n) is 3.23. The molecule has 0 spiro atoms. The van der Waals surface area contributed by atoms with Crippen LogP contribution in [-0.2, 0) is 4.79 Å². The summed E-state index contributed by atoms with van der Waals surface area (Å²) >= 11 is 6.14. The molecule has 20 heavy (non-hydrogen) atoms. The van der Waals surface area contributed by atoms with Gasteiger partial charge in [0.25, 0.3) is 0 Å². The van der Waals surface area contributed by atoms with Crippen molar-refractivity contribution in [2.45, 2.75) is 18.4 Å². The molecular formula is C14H20ClN3O2. The van der Waals surface area contributed by atoms with Crippen LogP contribution in [0.1, 0.15) is 12.8 Å². The zero-order valence-electron chi connectivity index (χ0n) is 11.8. The summed E-state index contributed by atoms with van der Waals surface area (Å²) in [6, 6.07) is 5.19. The maximum Gasteiger partial charge on any atom is 0.244 e. The van der Waals surface area contributed by atoms with Gasteiger partial charge < -0.3 is 20.7 Å². The topological polar surface area (TPSA) is 67.6 Å². The zero-order chi connectivity index (χ0) is 14.8. The maximum atomic E-state index is 11.8. The Morgan fingerprint density at radius 1 is 1.50 bits per heavy atom. The Morgan fingerprint density at radius 3 is 2.75 bits per heavy atom. The number of benzene rings is 1. The van der Waals surface area contributed by atoms with Crippen molar-refractivity contribution in [3.63, 3.8) is 0 Å². The first-order chi connectivity index (χ1) is 9.40. The Labute approximate surface area is 124 Å². The summed E-state index contributed by atoms with van der Waals surface area (Å²) in [6.07, 6.45) is 1.47. The fourth-order valence-electron chi connectivity index (χ4n) is 1.65. The SMILES string of the molecule is CN(C)CCOc1ccc(NC(=O)C2(N)CC2)cc1Cl. The minimum atomic E-state index is -0.687. The second-order valence-corrected chi connectivity index (χ2v) is 5.81. The molecule has 1 amide bonds. The van der Waals surface area contributed by atoms with Crippen molar-refractivity contribution in [1.29, 1.82) is 0 Å². The van der Waals surface area contributed by atoms with Crippen molar-refractivity contribution >= 4 is 23.2 Å². The summed E-state index contributed by atoms with van der Waals surface area (Å²) in [7, 11) is 3.95. The van der Waals surface area contributed by atoms with Gasteiger partial charge in [-0.1, -0.05) is 11.6 Å². The molecule has 0 bridgehead atoms. The Hall–Kier alpha value is -1.30. The van der Waals surface area contributed by atoms with Crippen LogP contribution in [0.5, 0.6) is 5.75 Å². The first-order valence-corrected chi connectivity index (χ1v) is 6.96. The number of halogens is 1. The molecule has 0 saturated heterocycles. The minimum Gasteiger partial charge on any atom is -0.491 e. The van der Waals surface area contributed by atoms with Gasteiger partial charge >= 0.3 is 0 Å². The second kappa shape index (κ2) is 5.99. The predicted molar refractivity (Wildman–Crippen MR) is 80.3 cm³/mol. The molecule has 0 atom stereocenters. The van der Waals surface area contributed by atoms with Crippen LogP contribution in [0.2, 0.25) is 5.02 Å². The fourth-order valence-corrected chi connectivity index (χ4v) is 1.89. The van der Waals surface area contributed by atoms with E-state index in [1.165, 1.54) is 0 Å². The molecule has 1 aromatic carbocycles. The second-order valence-electron chi connectivity index (χ2n) is 5.41. The number of nitrogens with zero attached hydrogens (tertiary/aromatic N) is 1. The van der Waals surface area contributed by atoms with Crippen LogP contribution < -0.4 is 15.8 Å². The molecule has 2 rings (SSSR count). The Balaban J connectivity index is 1.93. The normalized spacial score (nSPS) is 16.1. The third-order valence-corrected chi connectivity index (χ3v) is 3.52. The average molecular weight is 298 g/mol. The van der Waals surface area contributed by atoms with Crippen molar-refractivity contribution in [2.75, 3.05) is 32.6 Å². The quantitative estimate of drug-likeness (QED) is 0.839. The number of anilines is 1. The Bertz CT molecular complexity index is 501. The van der Waals surface area contributed by atoms with Crippen LogP contribution in [0.15, 0.2) is 18.2 Å². The average Bonchev–Trinajstić information content (AvgIpc) is 3.11. The number of carbonyl (C=O) groups is 1. The Morgan fingerprint density at radius 2 is 2.20 bits per heavy atom. The van der Waals surface area contributed by atoms with Crippen molar-refractivity contribution in [3.05, 3.63) is 23.2 Å². The van der Waals surface area contributed by atoms with Gasteiger partial charge in [0.2, 0.25) is 5.91 Å². The first-order valence-electron chi connectivity index (χ1n) is 6.58. The standard InChI is InChI=1S/C14H20ClN3O2/c1-18(2)7-8-20-12-4-3-10(9-11(12)15)17-13(19)14(16)5-6-14/h3-4,9H,5-8,16H2,1-2H3,(H,17,19). The monoisotopic (exact) mass is 297 g/mol. The molecule has 1 fully saturated rings. The number of hydrogen-bond acceptors (Lipinski definition) is 4. The van der Waals surface area contributed by atoms with E-state index in [1.807, 2.05) is 19.0 Å². The van der Waals surface area contributed by atoms with Crippen molar-refractivity contribution in [3.8, 4) is 5.75 Å². The lowest BCUT2D eigenvalue weighted by atomic mass is 10.2. The molecule has 1 saturated carbocycles. The molecule has 0 radical (unpaired) electrons. The number of nitrogens with one attached hydrogen (secondary N) is 1. The molecule has 0 unspecified atom stereocenters. The van der Waals surface area contributed by atoms with Gasteiger partial charge in [0.05, 0.1) is 10.6 Å². The maximum absolute atomic E-state index is 11.8. The smallest absolute Gasteiger partial charge is 0.244 e. The summed E-state index contributed by atoms with van der Waals surface area (Å²) in [5, 5.41) is 3.25. The lowest BCUT2D eigenvalue weighted by molar-refractivity contribution is -0.118. The highest BCUT2D eigenvalue weighted by molar-refractivity contribution is 6.32. The number of rotatable bonds is 6. The summed E-state index contributed by atoms with van der Waals surface area (Å²) in [4.78, 5) is 13.9. The lowest BCUT2D eigenvalue weighted by Gasteiger charge is -2.14. The van der Waals surface area contributed by atoms with Gasteiger partial charge in [0, 0.05) is 12.2 Å². The van der Waals surface area contributed by atoms with Crippen LogP contribution in [0, 0.1) is 0 Å². The van der Waals surface area contributed by atoms with E-state index in [-0.39, 0.29) is 5.91 Å². The molecule has 3 N–H and O–H groups in total. The van der Waals surface area contributed by atoms with E-state index in [4.69, 9.17) is 22.1 Å². The number of amides is 1. The summed E-state index contributed by atoms with van der Waals surface area (Å²) in [5.41, 5.74) is 5.77. The number of likely N-dealkylation sites (N-methyl/N-ethyl adjacent to an activating group) is 1. The largest absolute Gasteiger partial charge is 0.491 e. The van der Waals surface area contributed by atoms with Crippen molar-refractivity contribution in [2.24, 2.45) is 5.73 Å². The van der Waals surface area contributed by atoms with E-state index in [2.05, 4.69) is 5.32 Å². The molecule has 0 heterocycles. The van der Waals surface area contributed by atoms with Crippen LogP contribution in [0.3, 0.4) is 0 Å². The van der Waals surface area contributed by atoms with Gasteiger partial charge in [-0.25, -0.2) is 0 Å².